The lowest BCUT2D eigenvalue weighted by molar-refractivity contribution is 0.362. The van der Waals surface area contributed by atoms with Crippen LogP contribution in [0, 0.1) is 0 Å². The van der Waals surface area contributed by atoms with Crippen LogP contribution in [0.5, 0.6) is 0 Å². The largest absolute Gasteiger partial charge is 0.410 e. The third-order valence-corrected chi connectivity index (χ3v) is 2.68. The van der Waals surface area contributed by atoms with Crippen molar-refractivity contribution < 1.29 is 9.59 Å². The first-order chi connectivity index (χ1) is 3.12. The van der Waals surface area contributed by atoms with Gasteiger partial charge in [0, 0.05) is 6.17 Å². The fourth-order valence-electron chi connectivity index (χ4n) is 0.144. The molecule has 4 heteroatoms. The predicted octanol–water partition coefficient (Wildman–Crippen LogP) is -1.07. The second-order valence-corrected chi connectivity index (χ2v) is 4.62. The van der Waals surface area contributed by atoms with Gasteiger partial charge in [0.15, 0.2) is 0 Å². The Morgan fingerprint density at radius 3 is 2.00 bits per heavy atom. The van der Waals surface area contributed by atoms with Crippen molar-refractivity contribution in [3.63, 3.8) is 0 Å². The van der Waals surface area contributed by atoms with E-state index in [1.165, 1.54) is 0 Å². The van der Waals surface area contributed by atoms with E-state index in [9.17, 15) is 0 Å². The van der Waals surface area contributed by atoms with Gasteiger partial charge in [-0.2, -0.15) is 0 Å². The minimum absolute atomic E-state index is 0.0451. The summed E-state index contributed by atoms with van der Waals surface area (Å²) in [6, 6.07) is 0.420. The van der Waals surface area contributed by atoms with Gasteiger partial charge in [-0.25, -0.2) is 0 Å². The molecule has 0 saturated heterocycles. The van der Waals surface area contributed by atoms with Gasteiger partial charge >= 0.3 is 8.56 Å². The molecule has 0 bridgehead atoms. The average molecular weight is 121 g/mol. The van der Waals surface area contributed by atoms with E-state index < -0.39 is 8.56 Å². The van der Waals surface area contributed by atoms with Crippen molar-refractivity contribution >= 4 is 8.56 Å². The molecule has 0 aromatic carbocycles. The summed E-state index contributed by atoms with van der Waals surface area (Å²) in [5, 5.41) is 0. The van der Waals surface area contributed by atoms with Gasteiger partial charge in [-0.05, 0) is 6.04 Å². The fraction of sp³-hybridized carbons (Fsp3) is 1.00. The minimum Gasteiger partial charge on any atom is -0.410 e. The van der Waals surface area contributed by atoms with Crippen LogP contribution in [0.1, 0.15) is 6.92 Å². The van der Waals surface area contributed by atoms with E-state index >= 15 is 0 Å². The van der Waals surface area contributed by atoms with Crippen LogP contribution in [-0.2, 0) is 0 Å². The Hall–Kier alpha value is 0.0969. The van der Waals surface area contributed by atoms with Gasteiger partial charge in [0.05, 0.1) is 0 Å². The maximum atomic E-state index is 8.70. The lowest BCUT2D eigenvalue weighted by atomic mass is 11.0. The Kier molecular flexibility index (Phi) is 2.45. The molecule has 0 atom stereocenters. The number of hydrogen-bond acceptors (Lipinski definition) is 3. The summed E-state index contributed by atoms with van der Waals surface area (Å²) in [4.78, 5) is 17.4. The van der Waals surface area contributed by atoms with E-state index in [4.69, 9.17) is 15.3 Å². The molecule has 0 aliphatic rings. The van der Waals surface area contributed by atoms with Gasteiger partial charge in [0.25, 0.3) is 0 Å². The van der Waals surface area contributed by atoms with E-state index in [1.54, 1.807) is 6.92 Å². The first-order valence-electron chi connectivity index (χ1n) is 2.27. The topological polar surface area (TPSA) is 66.5 Å². The van der Waals surface area contributed by atoms with Gasteiger partial charge in [-0.15, -0.1) is 0 Å². The highest BCUT2D eigenvalue weighted by molar-refractivity contribution is 6.64. The van der Waals surface area contributed by atoms with E-state index in [0.29, 0.717) is 6.04 Å². The molecule has 44 valence electrons. The van der Waals surface area contributed by atoms with Crippen molar-refractivity contribution in [2.24, 2.45) is 5.73 Å². The Morgan fingerprint density at radius 1 is 1.57 bits per heavy atom. The van der Waals surface area contributed by atoms with Gasteiger partial charge in [0.2, 0.25) is 0 Å². The SMILES string of the molecule is CC[Si](O)(O)CN. The first kappa shape index (κ1) is 7.10. The molecular weight excluding hydrogens is 110 g/mol. The number of hydrogen-bond donors (Lipinski definition) is 3. The summed E-state index contributed by atoms with van der Waals surface area (Å²) >= 11 is 0. The van der Waals surface area contributed by atoms with Crippen molar-refractivity contribution in [3.8, 4) is 0 Å². The quantitative estimate of drug-likeness (QED) is 0.408. The van der Waals surface area contributed by atoms with Crippen LogP contribution in [0.2, 0.25) is 6.04 Å². The van der Waals surface area contributed by atoms with Crippen LogP contribution in [0.4, 0.5) is 0 Å². The molecule has 0 rings (SSSR count). The van der Waals surface area contributed by atoms with Gasteiger partial charge < -0.3 is 15.3 Å². The monoisotopic (exact) mass is 121 g/mol. The van der Waals surface area contributed by atoms with Crippen molar-refractivity contribution in [1.29, 1.82) is 0 Å². The van der Waals surface area contributed by atoms with Crippen molar-refractivity contribution in [2.75, 3.05) is 6.17 Å². The highest BCUT2D eigenvalue weighted by Crippen LogP contribution is 1.94. The minimum atomic E-state index is -2.87. The van der Waals surface area contributed by atoms with E-state index in [-0.39, 0.29) is 6.17 Å². The van der Waals surface area contributed by atoms with Crippen molar-refractivity contribution in [3.05, 3.63) is 0 Å². The molecule has 7 heavy (non-hydrogen) atoms. The molecule has 4 N–H and O–H groups in total. The lowest BCUT2D eigenvalue weighted by Gasteiger charge is -2.10. The fourth-order valence-corrected chi connectivity index (χ4v) is 0.433. The van der Waals surface area contributed by atoms with Gasteiger partial charge in [-0.1, -0.05) is 6.92 Å². The Balaban J connectivity index is 3.36. The third-order valence-electron chi connectivity index (χ3n) is 0.893. The van der Waals surface area contributed by atoms with Crippen LogP contribution < -0.4 is 5.73 Å². The first-order valence-corrected chi connectivity index (χ1v) is 4.58. The van der Waals surface area contributed by atoms with Crippen LogP contribution in [0.25, 0.3) is 0 Å². The van der Waals surface area contributed by atoms with Crippen LogP contribution in [0.3, 0.4) is 0 Å². The molecule has 0 aliphatic carbocycles. The summed E-state index contributed by atoms with van der Waals surface area (Å²) in [5.74, 6) is 0. The molecule has 0 unspecified atom stereocenters. The molecular formula is C3H11NO2Si. The summed E-state index contributed by atoms with van der Waals surface area (Å²) in [6.45, 7) is 1.72. The van der Waals surface area contributed by atoms with Crippen LogP contribution in [0.15, 0.2) is 0 Å². The standard InChI is InChI=1S/C3H11NO2Si/c1-2-7(5,6)3-4/h5-6H,2-4H2,1H3. The zero-order chi connectivity index (χ0) is 5.91. The zero-order valence-electron chi connectivity index (χ0n) is 4.39. The smallest absolute Gasteiger partial charge is 0.346 e. The predicted molar refractivity (Wildman–Crippen MR) is 29.7 cm³/mol. The Labute approximate surface area is 44.0 Å². The summed E-state index contributed by atoms with van der Waals surface area (Å²) in [6.07, 6.45) is 0.0451. The molecule has 0 amide bonds. The zero-order valence-corrected chi connectivity index (χ0v) is 5.39. The molecule has 0 spiro atoms. The normalized spacial score (nSPS) is 12.0. The Morgan fingerprint density at radius 2 is 2.00 bits per heavy atom. The molecule has 3 nitrogen and oxygen atoms in total. The number of nitrogens with two attached hydrogens (primary N) is 1. The molecule has 0 saturated carbocycles. The van der Waals surface area contributed by atoms with Gasteiger partial charge in [-0.3, -0.25) is 0 Å². The van der Waals surface area contributed by atoms with Crippen LogP contribution in [-0.4, -0.2) is 24.3 Å². The lowest BCUT2D eigenvalue weighted by Crippen LogP contribution is -2.42. The summed E-state index contributed by atoms with van der Waals surface area (Å²) in [7, 11) is -2.87. The van der Waals surface area contributed by atoms with E-state index in [1.807, 2.05) is 0 Å². The molecule has 0 fully saturated rings. The average Bonchev–Trinajstić information content (AvgIpc) is 1.68. The highest BCUT2D eigenvalue weighted by atomic mass is 28.4. The van der Waals surface area contributed by atoms with Crippen LogP contribution >= 0.6 is 0 Å². The molecule has 0 aromatic heterocycles. The Bertz CT molecular complexity index is 50.9. The van der Waals surface area contributed by atoms with Gasteiger partial charge in [0.1, 0.15) is 0 Å². The third kappa shape index (κ3) is 2.75. The maximum Gasteiger partial charge on any atom is 0.346 e. The highest BCUT2D eigenvalue weighted by Gasteiger charge is 2.22. The summed E-state index contributed by atoms with van der Waals surface area (Å²) < 4.78 is 0. The molecule has 0 radical (unpaired) electrons. The molecule has 0 aliphatic heterocycles. The molecule has 0 aromatic rings. The second-order valence-electron chi connectivity index (χ2n) is 1.54. The van der Waals surface area contributed by atoms with E-state index in [0.717, 1.165) is 0 Å². The molecule has 0 heterocycles. The van der Waals surface area contributed by atoms with Crippen molar-refractivity contribution in [2.45, 2.75) is 13.0 Å². The maximum absolute atomic E-state index is 8.70. The second kappa shape index (κ2) is 2.42. The van der Waals surface area contributed by atoms with Crippen molar-refractivity contribution in [1.82, 2.24) is 0 Å². The summed E-state index contributed by atoms with van der Waals surface area (Å²) in [5.41, 5.74) is 4.98. The van der Waals surface area contributed by atoms with E-state index in [2.05, 4.69) is 0 Å². The number of rotatable bonds is 2.